The van der Waals surface area contributed by atoms with Crippen molar-refractivity contribution in [2.24, 2.45) is 0 Å². The normalized spacial score (nSPS) is 10.8. The summed E-state index contributed by atoms with van der Waals surface area (Å²) in [6.45, 7) is 2.50. The molecule has 3 nitrogen and oxygen atoms in total. The molecule has 0 fully saturated rings. The molecule has 1 aromatic heterocycles. The molecule has 1 heterocycles. The molecular formula is C13H15ClFN3. The van der Waals surface area contributed by atoms with Gasteiger partial charge in [0.2, 0.25) is 0 Å². The Labute approximate surface area is 111 Å². The lowest BCUT2D eigenvalue weighted by Crippen LogP contribution is -2.02. The van der Waals surface area contributed by atoms with E-state index in [-0.39, 0.29) is 5.82 Å². The molecule has 2 aromatic rings. The van der Waals surface area contributed by atoms with Crippen molar-refractivity contribution in [3.8, 4) is 0 Å². The lowest BCUT2D eigenvalue weighted by Gasteiger charge is -2.05. The maximum absolute atomic E-state index is 13.0. The van der Waals surface area contributed by atoms with Gasteiger partial charge in [-0.2, -0.15) is 0 Å². The van der Waals surface area contributed by atoms with Gasteiger partial charge in [0, 0.05) is 12.1 Å². The number of rotatable bonds is 5. The third-order valence-electron chi connectivity index (χ3n) is 2.79. The van der Waals surface area contributed by atoms with Gasteiger partial charge in [-0.25, -0.2) is 9.07 Å². The quantitative estimate of drug-likeness (QED) is 0.780. The van der Waals surface area contributed by atoms with E-state index < -0.39 is 0 Å². The third kappa shape index (κ3) is 3.29. The van der Waals surface area contributed by atoms with Crippen molar-refractivity contribution in [1.82, 2.24) is 15.0 Å². The lowest BCUT2D eigenvalue weighted by atomic mass is 10.1. The van der Waals surface area contributed by atoms with Gasteiger partial charge < -0.3 is 0 Å². The number of hydrogen-bond donors (Lipinski definition) is 0. The second-order valence-corrected chi connectivity index (χ2v) is 4.65. The fourth-order valence-electron chi connectivity index (χ4n) is 1.79. The first-order chi connectivity index (χ1) is 8.69. The maximum Gasteiger partial charge on any atom is 0.123 e. The monoisotopic (exact) mass is 267 g/mol. The Bertz CT molecular complexity index is 525. The van der Waals surface area contributed by atoms with Gasteiger partial charge >= 0.3 is 0 Å². The topological polar surface area (TPSA) is 30.7 Å². The fourth-order valence-corrected chi connectivity index (χ4v) is 1.92. The van der Waals surface area contributed by atoms with Gasteiger partial charge in [-0.15, -0.1) is 16.7 Å². The van der Waals surface area contributed by atoms with Crippen LogP contribution in [0, 0.1) is 12.7 Å². The van der Waals surface area contributed by atoms with Crippen LogP contribution in [0.25, 0.3) is 0 Å². The number of benzene rings is 1. The van der Waals surface area contributed by atoms with Gasteiger partial charge in [0.05, 0.1) is 12.2 Å². The van der Waals surface area contributed by atoms with E-state index in [9.17, 15) is 4.39 Å². The Morgan fingerprint density at radius 2 is 2.22 bits per heavy atom. The number of nitrogens with zero attached hydrogens (tertiary/aromatic N) is 3. The van der Waals surface area contributed by atoms with E-state index in [4.69, 9.17) is 11.6 Å². The molecule has 5 heteroatoms. The van der Waals surface area contributed by atoms with Crippen molar-refractivity contribution < 1.29 is 4.39 Å². The van der Waals surface area contributed by atoms with Crippen LogP contribution in [0.5, 0.6) is 0 Å². The molecule has 0 saturated carbocycles. The van der Waals surface area contributed by atoms with E-state index in [1.54, 1.807) is 10.7 Å². The van der Waals surface area contributed by atoms with Gasteiger partial charge in [0.25, 0.3) is 0 Å². The van der Waals surface area contributed by atoms with Gasteiger partial charge in [-0.3, -0.25) is 0 Å². The van der Waals surface area contributed by atoms with Crippen molar-refractivity contribution in [1.29, 1.82) is 0 Å². The summed E-state index contributed by atoms with van der Waals surface area (Å²) in [6.07, 6.45) is 3.65. The zero-order chi connectivity index (χ0) is 13.0. The van der Waals surface area contributed by atoms with Crippen molar-refractivity contribution in [3.63, 3.8) is 0 Å². The summed E-state index contributed by atoms with van der Waals surface area (Å²) in [5.74, 6) is 0.418. The second kappa shape index (κ2) is 5.96. The smallest absolute Gasteiger partial charge is 0.123 e. The fraction of sp³-hybridized carbons (Fsp3) is 0.385. The highest BCUT2D eigenvalue weighted by Crippen LogP contribution is 2.11. The summed E-state index contributed by atoms with van der Waals surface area (Å²) in [6, 6.07) is 4.78. The minimum absolute atomic E-state index is 0.211. The average molecular weight is 268 g/mol. The molecule has 0 spiro atoms. The molecule has 0 unspecified atom stereocenters. The summed E-state index contributed by atoms with van der Waals surface area (Å²) in [7, 11) is 0. The number of aromatic nitrogens is 3. The van der Waals surface area contributed by atoms with Crippen LogP contribution in [0.15, 0.2) is 24.4 Å². The largest absolute Gasteiger partial charge is 0.248 e. The zero-order valence-electron chi connectivity index (χ0n) is 10.2. The summed E-state index contributed by atoms with van der Waals surface area (Å²) in [5.41, 5.74) is 2.91. The summed E-state index contributed by atoms with van der Waals surface area (Å²) < 4.78 is 14.8. The molecule has 0 aliphatic rings. The third-order valence-corrected chi connectivity index (χ3v) is 3.06. The van der Waals surface area contributed by atoms with Crippen molar-refractivity contribution in [2.75, 3.05) is 5.88 Å². The van der Waals surface area contributed by atoms with Gasteiger partial charge in [0.15, 0.2) is 0 Å². The van der Waals surface area contributed by atoms with Crippen LogP contribution in [0.3, 0.4) is 0 Å². The first-order valence-electron chi connectivity index (χ1n) is 5.89. The van der Waals surface area contributed by atoms with E-state index in [0.29, 0.717) is 12.4 Å². The SMILES string of the molecule is Cc1cc(F)ccc1Cn1cc(CCCCl)nn1. The molecule has 96 valence electrons. The van der Waals surface area contributed by atoms with Crippen LogP contribution in [-0.2, 0) is 13.0 Å². The predicted octanol–water partition coefficient (Wildman–Crippen LogP) is 2.95. The van der Waals surface area contributed by atoms with Crippen molar-refractivity contribution >= 4 is 11.6 Å². The molecule has 1 aromatic carbocycles. The molecule has 0 aliphatic heterocycles. The van der Waals surface area contributed by atoms with Crippen LogP contribution in [0.1, 0.15) is 23.2 Å². The van der Waals surface area contributed by atoms with E-state index in [1.807, 2.05) is 13.1 Å². The predicted molar refractivity (Wildman–Crippen MR) is 69.3 cm³/mol. The van der Waals surface area contributed by atoms with E-state index in [1.165, 1.54) is 12.1 Å². The van der Waals surface area contributed by atoms with Crippen LogP contribution >= 0.6 is 11.6 Å². The molecule has 0 saturated heterocycles. The highest BCUT2D eigenvalue weighted by Gasteiger charge is 2.04. The minimum atomic E-state index is -0.211. The summed E-state index contributed by atoms with van der Waals surface area (Å²) in [4.78, 5) is 0. The summed E-state index contributed by atoms with van der Waals surface area (Å²) in [5, 5.41) is 8.14. The Balaban J connectivity index is 2.06. The van der Waals surface area contributed by atoms with Crippen molar-refractivity contribution in [2.45, 2.75) is 26.3 Å². The second-order valence-electron chi connectivity index (χ2n) is 4.27. The first kappa shape index (κ1) is 13.0. The van der Waals surface area contributed by atoms with Crippen LogP contribution < -0.4 is 0 Å². The molecule has 18 heavy (non-hydrogen) atoms. The van der Waals surface area contributed by atoms with E-state index >= 15 is 0 Å². The minimum Gasteiger partial charge on any atom is -0.248 e. The standard InChI is InChI=1S/C13H15ClFN3/c1-10-7-12(15)5-4-11(10)8-18-9-13(16-17-18)3-2-6-14/h4-5,7,9H,2-3,6,8H2,1H3. The molecular weight excluding hydrogens is 253 g/mol. The number of alkyl halides is 1. The average Bonchev–Trinajstić information content (AvgIpc) is 2.78. The lowest BCUT2D eigenvalue weighted by molar-refractivity contribution is 0.619. The maximum atomic E-state index is 13.0. The van der Waals surface area contributed by atoms with Crippen LogP contribution in [-0.4, -0.2) is 20.9 Å². The molecule has 0 atom stereocenters. The number of hydrogen-bond acceptors (Lipinski definition) is 2. The van der Waals surface area contributed by atoms with E-state index in [2.05, 4.69) is 10.3 Å². The van der Waals surface area contributed by atoms with Gasteiger partial charge in [-0.1, -0.05) is 11.3 Å². The molecule has 0 aliphatic carbocycles. The van der Waals surface area contributed by atoms with Crippen molar-refractivity contribution in [3.05, 3.63) is 47.0 Å². The number of halogens is 2. The van der Waals surface area contributed by atoms with Gasteiger partial charge in [0.1, 0.15) is 5.82 Å². The highest BCUT2D eigenvalue weighted by molar-refractivity contribution is 6.17. The zero-order valence-corrected chi connectivity index (χ0v) is 11.0. The number of aryl methyl sites for hydroxylation is 2. The van der Waals surface area contributed by atoms with Crippen LogP contribution in [0.2, 0.25) is 0 Å². The van der Waals surface area contributed by atoms with Crippen LogP contribution in [0.4, 0.5) is 4.39 Å². The molecule has 0 radical (unpaired) electrons. The first-order valence-corrected chi connectivity index (χ1v) is 6.42. The van der Waals surface area contributed by atoms with E-state index in [0.717, 1.165) is 29.7 Å². The molecule has 0 N–H and O–H groups in total. The van der Waals surface area contributed by atoms with Gasteiger partial charge in [-0.05, 0) is 43.0 Å². The Morgan fingerprint density at radius 3 is 2.94 bits per heavy atom. The molecule has 0 amide bonds. The Hall–Kier alpha value is -1.42. The highest BCUT2D eigenvalue weighted by atomic mass is 35.5. The molecule has 2 rings (SSSR count). The Morgan fingerprint density at radius 1 is 1.39 bits per heavy atom. The molecule has 0 bridgehead atoms. The Kier molecular flexibility index (Phi) is 4.31. The summed E-state index contributed by atoms with van der Waals surface area (Å²) >= 11 is 5.63.